The fourth-order valence-corrected chi connectivity index (χ4v) is 5.26. The van der Waals surface area contributed by atoms with E-state index in [-0.39, 0.29) is 12.1 Å². The number of halogens is 3. The van der Waals surface area contributed by atoms with Crippen LogP contribution in [-0.2, 0) is 18.1 Å². The molecule has 10 heteroatoms. The Bertz CT molecular complexity index is 1400. The first-order chi connectivity index (χ1) is 18.0. The largest absolute Gasteiger partial charge is 0.416 e. The molecule has 1 N–H and O–H groups in total. The summed E-state index contributed by atoms with van der Waals surface area (Å²) in [5.41, 5.74) is 0.899. The maximum atomic E-state index is 13.4. The van der Waals surface area contributed by atoms with Crippen molar-refractivity contribution in [3.05, 3.63) is 52.3 Å². The summed E-state index contributed by atoms with van der Waals surface area (Å²) in [6.07, 6.45) is -2.87. The Kier molecular flexibility index (Phi) is 6.68. The Morgan fingerprint density at radius 1 is 1.08 bits per heavy atom. The summed E-state index contributed by atoms with van der Waals surface area (Å²) < 4.78 is 40.3. The average Bonchev–Trinajstić information content (AvgIpc) is 3.68. The van der Waals surface area contributed by atoms with Crippen LogP contribution in [-0.4, -0.2) is 52.1 Å². The third-order valence-corrected chi connectivity index (χ3v) is 7.80. The topological polar surface area (TPSA) is 81.0 Å². The molecule has 0 radical (unpaired) electrons. The van der Waals surface area contributed by atoms with Crippen molar-refractivity contribution in [1.82, 2.24) is 19.9 Å². The van der Waals surface area contributed by atoms with Gasteiger partial charge in [0.05, 0.1) is 22.4 Å². The summed E-state index contributed by atoms with van der Waals surface area (Å²) in [4.78, 5) is 18.8. The Hall–Kier alpha value is -3.45. The quantitative estimate of drug-likeness (QED) is 0.466. The van der Waals surface area contributed by atoms with E-state index in [4.69, 9.17) is 4.98 Å². The van der Waals surface area contributed by atoms with Gasteiger partial charge in [-0.15, -0.1) is 0 Å². The summed E-state index contributed by atoms with van der Waals surface area (Å²) in [5, 5.41) is 14.0. The number of hydrogen-bond acceptors (Lipinski definition) is 7. The molecule has 38 heavy (non-hydrogen) atoms. The molecule has 1 aromatic carbocycles. The first-order valence-corrected chi connectivity index (χ1v) is 13.0. The van der Waals surface area contributed by atoms with Gasteiger partial charge in [-0.25, -0.2) is 15.0 Å². The first kappa shape index (κ1) is 26.2. The third-order valence-electron chi connectivity index (χ3n) is 7.80. The van der Waals surface area contributed by atoms with Crippen molar-refractivity contribution >= 4 is 22.7 Å². The molecule has 3 aromatic rings. The molecule has 7 nitrogen and oxygen atoms in total. The molecule has 200 valence electrons. The molecule has 0 amide bonds. The fraction of sp³-hybridized carbons (Fsp3) is 0.500. The number of aromatic nitrogens is 3. The van der Waals surface area contributed by atoms with Crippen LogP contribution in [0.15, 0.2) is 24.3 Å². The van der Waals surface area contributed by atoms with Crippen LogP contribution < -0.4 is 10.2 Å². The van der Waals surface area contributed by atoms with Gasteiger partial charge in [0.2, 0.25) is 0 Å². The Morgan fingerprint density at radius 3 is 2.39 bits per heavy atom. The maximum absolute atomic E-state index is 13.4. The van der Waals surface area contributed by atoms with Crippen LogP contribution >= 0.6 is 0 Å². The van der Waals surface area contributed by atoms with Crippen molar-refractivity contribution < 1.29 is 13.2 Å². The number of piperazine rings is 1. The van der Waals surface area contributed by atoms with Crippen molar-refractivity contribution in [1.29, 1.82) is 5.26 Å². The van der Waals surface area contributed by atoms with Gasteiger partial charge in [0.25, 0.3) is 0 Å². The Morgan fingerprint density at radius 2 is 1.79 bits per heavy atom. The zero-order chi connectivity index (χ0) is 27.2. The highest BCUT2D eigenvalue weighted by Gasteiger charge is 2.48. The third kappa shape index (κ3) is 4.87. The minimum Gasteiger partial charge on any atom is -0.365 e. The van der Waals surface area contributed by atoms with Crippen molar-refractivity contribution in [2.45, 2.75) is 64.7 Å². The van der Waals surface area contributed by atoms with Gasteiger partial charge in [-0.1, -0.05) is 12.1 Å². The van der Waals surface area contributed by atoms with Gasteiger partial charge in [0.15, 0.2) is 5.65 Å². The fourth-order valence-electron chi connectivity index (χ4n) is 5.26. The molecule has 1 aliphatic heterocycles. The predicted molar refractivity (Wildman–Crippen MR) is 141 cm³/mol. The van der Waals surface area contributed by atoms with Crippen LogP contribution in [0, 0.1) is 25.2 Å². The van der Waals surface area contributed by atoms with Gasteiger partial charge in [0, 0.05) is 44.3 Å². The standard InChI is InChI=1S/C28H32F3N7/c1-17(2)37-10-12-38(13-11-37)26-23(27(16-32)8-9-27)14-21-24(34-19(4)35-25(21)36-26)33-15-20-6-5-7-22(18(20)3)28(29,30)31/h5-7,14,17H,8-13,15H2,1-4H3,(H,33,34,35,36). The molecule has 0 atom stereocenters. The second kappa shape index (κ2) is 9.70. The number of anilines is 2. The monoisotopic (exact) mass is 523 g/mol. The minimum absolute atomic E-state index is 0.166. The Labute approximate surface area is 220 Å². The molecular formula is C28H32F3N7. The van der Waals surface area contributed by atoms with E-state index >= 15 is 0 Å². The van der Waals surface area contributed by atoms with Crippen LogP contribution in [0.4, 0.5) is 24.8 Å². The van der Waals surface area contributed by atoms with Gasteiger partial charge in [-0.2, -0.15) is 18.4 Å². The van der Waals surface area contributed by atoms with E-state index < -0.39 is 17.2 Å². The minimum atomic E-state index is -4.41. The highest BCUT2D eigenvalue weighted by Crippen LogP contribution is 2.51. The molecule has 1 saturated heterocycles. The van der Waals surface area contributed by atoms with Crippen molar-refractivity contribution in [3.63, 3.8) is 0 Å². The van der Waals surface area contributed by atoms with E-state index in [0.717, 1.165) is 56.5 Å². The maximum Gasteiger partial charge on any atom is 0.416 e. The molecule has 2 fully saturated rings. The number of alkyl halides is 3. The molecule has 5 rings (SSSR count). The number of pyridine rings is 1. The van der Waals surface area contributed by atoms with Gasteiger partial charge in [0.1, 0.15) is 17.5 Å². The second-order valence-corrected chi connectivity index (χ2v) is 10.6. The molecule has 3 heterocycles. The molecule has 2 aromatic heterocycles. The number of benzene rings is 1. The number of fused-ring (bicyclic) bond motifs is 1. The van der Waals surface area contributed by atoms with Crippen LogP contribution in [0.5, 0.6) is 0 Å². The highest BCUT2D eigenvalue weighted by atomic mass is 19.4. The van der Waals surface area contributed by atoms with Gasteiger partial charge >= 0.3 is 6.18 Å². The Balaban J connectivity index is 1.52. The summed E-state index contributed by atoms with van der Waals surface area (Å²) in [6, 6.07) is 9.16. The van der Waals surface area contributed by atoms with E-state index in [1.165, 1.54) is 13.0 Å². The molecule has 0 unspecified atom stereocenters. The number of hydrogen-bond donors (Lipinski definition) is 1. The lowest BCUT2D eigenvalue weighted by molar-refractivity contribution is -0.138. The number of nitrogens with one attached hydrogen (secondary N) is 1. The molecule has 0 bridgehead atoms. The highest BCUT2D eigenvalue weighted by molar-refractivity contribution is 5.89. The number of nitrogens with zero attached hydrogens (tertiary/aromatic N) is 6. The van der Waals surface area contributed by atoms with Crippen molar-refractivity contribution in [3.8, 4) is 6.07 Å². The van der Waals surface area contributed by atoms with E-state index in [1.807, 2.05) is 6.07 Å². The lowest BCUT2D eigenvalue weighted by atomic mass is 9.96. The molecule has 1 aliphatic carbocycles. The molecular weight excluding hydrogens is 491 g/mol. The van der Waals surface area contributed by atoms with Gasteiger partial charge in [-0.3, -0.25) is 4.90 Å². The number of nitriles is 1. The smallest absolute Gasteiger partial charge is 0.365 e. The lowest BCUT2D eigenvalue weighted by Crippen LogP contribution is -2.49. The zero-order valence-corrected chi connectivity index (χ0v) is 22.2. The van der Waals surface area contributed by atoms with Crippen molar-refractivity contribution in [2.24, 2.45) is 0 Å². The average molecular weight is 524 g/mol. The van der Waals surface area contributed by atoms with E-state index in [9.17, 15) is 18.4 Å². The lowest BCUT2D eigenvalue weighted by Gasteiger charge is -2.38. The van der Waals surface area contributed by atoms with E-state index in [1.54, 1.807) is 13.0 Å². The predicted octanol–water partition coefficient (Wildman–Crippen LogP) is 5.36. The van der Waals surface area contributed by atoms with E-state index in [0.29, 0.717) is 34.3 Å². The van der Waals surface area contributed by atoms with Crippen LogP contribution in [0.3, 0.4) is 0 Å². The number of rotatable bonds is 6. The van der Waals surface area contributed by atoms with Crippen LogP contribution in [0.2, 0.25) is 0 Å². The zero-order valence-electron chi connectivity index (χ0n) is 22.2. The van der Waals surface area contributed by atoms with Gasteiger partial charge < -0.3 is 10.2 Å². The SMILES string of the molecule is Cc1nc(NCc2cccc(C(F)(F)F)c2C)c2cc(C3(C#N)CC3)c(N3CCN(C(C)C)CC3)nc2n1. The van der Waals surface area contributed by atoms with Crippen LogP contribution in [0.25, 0.3) is 11.0 Å². The van der Waals surface area contributed by atoms with Crippen molar-refractivity contribution in [2.75, 3.05) is 36.4 Å². The first-order valence-electron chi connectivity index (χ1n) is 13.0. The second-order valence-electron chi connectivity index (χ2n) is 10.6. The molecule has 2 aliphatic rings. The normalized spacial score (nSPS) is 17.6. The molecule has 0 spiro atoms. The molecule has 1 saturated carbocycles. The van der Waals surface area contributed by atoms with E-state index in [2.05, 4.69) is 45.0 Å². The summed E-state index contributed by atoms with van der Waals surface area (Å²) >= 11 is 0. The summed E-state index contributed by atoms with van der Waals surface area (Å²) in [5.74, 6) is 1.82. The summed E-state index contributed by atoms with van der Waals surface area (Å²) in [7, 11) is 0. The number of aryl methyl sites for hydroxylation is 1. The summed E-state index contributed by atoms with van der Waals surface area (Å²) in [6.45, 7) is 11.3. The van der Waals surface area contributed by atoms with Gasteiger partial charge in [-0.05, 0) is 63.8 Å². The van der Waals surface area contributed by atoms with Crippen LogP contribution in [0.1, 0.15) is 54.8 Å².